The number of ether oxygens (including phenoxy) is 3. The minimum atomic E-state index is -0.419. The fourth-order valence-corrected chi connectivity index (χ4v) is 4.94. The van der Waals surface area contributed by atoms with Gasteiger partial charge in [0.2, 0.25) is 35.8 Å². The van der Waals surface area contributed by atoms with Crippen LogP contribution in [0.25, 0.3) is 18.2 Å². The number of carbonyl (C=O) groups is 3. The Kier molecular flexibility index (Phi) is 12.1. The van der Waals surface area contributed by atoms with E-state index < -0.39 is 17.9 Å². The van der Waals surface area contributed by atoms with Crippen molar-refractivity contribution in [3.05, 3.63) is 108 Å². The number of hydrogen-bond acceptors (Lipinski definition) is 16. The van der Waals surface area contributed by atoms with Gasteiger partial charge in [-0.15, -0.1) is 0 Å². The highest BCUT2D eigenvalue weighted by Gasteiger charge is 2.35. The maximum Gasteiger partial charge on any atom is 0.330 e. The van der Waals surface area contributed by atoms with Gasteiger partial charge >= 0.3 is 17.9 Å². The van der Waals surface area contributed by atoms with Crippen molar-refractivity contribution in [2.45, 2.75) is 20.8 Å². The summed E-state index contributed by atoms with van der Waals surface area (Å²) in [4.78, 5) is 64.5. The highest BCUT2D eigenvalue weighted by atomic mass is 16.5. The topological polar surface area (TPSA) is 192 Å². The third-order valence-electron chi connectivity index (χ3n) is 7.43. The molecule has 0 aliphatic carbocycles. The van der Waals surface area contributed by atoms with Crippen LogP contribution in [-0.4, -0.2) is 78.4 Å². The van der Waals surface area contributed by atoms with Gasteiger partial charge in [-0.2, -0.15) is 30.0 Å². The van der Waals surface area contributed by atoms with E-state index in [0.717, 1.165) is 16.7 Å². The summed E-state index contributed by atoms with van der Waals surface area (Å²) in [6, 6.07) is 21.9. The van der Waals surface area contributed by atoms with Gasteiger partial charge in [0.05, 0.1) is 19.8 Å². The molecule has 6 rings (SSSR count). The molecule has 0 saturated heterocycles. The Morgan fingerprint density at radius 1 is 0.473 bits per heavy atom. The van der Waals surface area contributed by atoms with Crippen LogP contribution >= 0.6 is 0 Å². The van der Waals surface area contributed by atoms with Gasteiger partial charge in [0, 0.05) is 35.3 Å². The van der Waals surface area contributed by atoms with Crippen LogP contribution in [0.3, 0.4) is 0 Å². The SMILES string of the molecule is CCOC(=O)/C=C/c1ccc(NC2=NC3=NC(Nc4ccc(/C=C/C(=O)OCC)cc4)=NC4=NC(Nc5ccc(/C=C/C(=O)OCC)cc5)=NC(=N2)N34)cc1. The van der Waals surface area contributed by atoms with E-state index >= 15 is 0 Å². The van der Waals surface area contributed by atoms with Gasteiger partial charge in [-0.25, -0.2) is 19.3 Å². The molecular weight excluding hydrogens is 704 g/mol. The van der Waals surface area contributed by atoms with Crippen LogP contribution < -0.4 is 16.0 Å². The second-order valence-electron chi connectivity index (χ2n) is 11.4. The van der Waals surface area contributed by atoms with Crippen molar-refractivity contribution in [3.8, 4) is 0 Å². The molecule has 0 spiro atoms. The first kappa shape index (κ1) is 37.3. The van der Waals surface area contributed by atoms with Gasteiger partial charge < -0.3 is 30.2 Å². The lowest BCUT2D eigenvalue weighted by Crippen LogP contribution is -2.49. The van der Waals surface area contributed by atoms with Gasteiger partial charge in [-0.3, -0.25) is 0 Å². The highest BCUT2D eigenvalue weighted by molar-refractivity contribution is 6.32. The van der Waals surface area contributed by atoms with Crippen LogP contribution in [0.4, 0.5) is 17.1 Å². The largest absolute Gasteiger partial charge is 0.463 e. The molecule has 3 aromatic rings. The highest BCUT2D eigenvalue weighted by Crippen LogP contribution is 2.21. The molecule has 0 radical (unpaired) electrons. The lowest BCUT2D eigenvalue weighted by molar-refractivity contribution is -0.138. The molecule has 16 heteroatoms. The molecule has 55 heavy (non-hydrogen) atoms. The normalized spacial score (nSPS) is 14.6. The van der Waals surface area contributed by atoms with Crippen molar-refractivity contribution in [1.29, 1.82) is 0 Å². The second-order valence-corrected chi connectivity index (χ2v) is 11.4. The first-order valence-corrected chi connectivity index (χ1v) is 17.3. The average molecular weight is 741 g/mol. The zero-order chi connectivity index (χ0) is 38.6. The number of benzene rings is 3. The molecular formula is C39H36N10O6. The lowest BCUT2D eigenvalue weighted by atomic mass is 10.2. The van der Waals surface area contributed by atoms with Crippen molar-refractivity contribution in [3.63, 3.8) is 0 Å². The number of guanidine groups is 6. The summed E-state index contributed by atoms with van der Waals surface area (Å²) in [7, 11) is 0. The van der Waals surface area contributed by atoms with E-state index in [0.29, 0.717) is 36.9 Å². The van der Waals surface area contributed by atoms with Crippen molar-refractivity contribution in [1.82, 2.24) is 4.90 Å². The van der Waals surface area contributed by atoms with E-state index in [4.69, 9.17) is 14.2 Å². The number of esters is 3. The Hall–Kier alpha value is -7.49. The molecule has 0 bridgehead atoms. The van der Waals surface area contributed by atoms with Gasteiger partial charge in [0.25, 0.3) is 0 Å². The molecule has 0 unspecified atom stereocenters. The number of carbonyl (C=O) groups excluding carboxylic acids is 3. The average Bonchev–Trinajstić information content (AvgIpc) is 3.17. The van der Waals surface area contributed by atoms with E-state index in [1.54, 1.807) is 39.0 Å². The summed E-state index contributed by atoms with van der Waals surface area (Å²) in [5, 5.41) is 9.59. The van der Waals surface area contributed by atoms with E-state index in [1.807, 2.05) is 72.8 Å². The second kappa shape index (κ2) is 17.8. The van der Waals surface area contributed by atoms with Crippen LogP contribution in [0.1, 0.15) is 37.5 Å². The maximum atomic E-state index is 11.7. The zero-order valence-electron chi connectivity index (χ0n) is 30.1. The van der Waals surface area contributed by atoms with Crippen LogP contribution in [0.5, 0.6) is 0 Å². The van der Waals surface area contributed by atoms with Gasteiger partial charge in [-0.05, 0) is 92.1 Å². The van der Waals surface area contributed by atoms with E-state index in [9.17, 15) is 14.4 Å². The predicted octanol–water partition coefficient (Wildman–Crippen LogP) is 5.53. The fraction of sp³-hybridized carbons (Fsp3) is 0.154. The first-order chi connectivity index (χ1) is 26.8. The summed E-state index contributed by atoms with van der Waals surface area (Å²) < 4.78 is 14.8. The minimum absolute atomic E-state index is 0.209. The van der Waals surface area contributed by atoms with Gasteiger partial charge in [0.15, 0.2) is 0 Å². The number of nitrogens with one attached hydrogen (secondary N) is 3. The quantitative estimate of drug-likeness (QED) is 0.121. The van der Waals surface area contributed by atoms with Gasteiger partial charge in [-0.1, -0.05) is 36.4 Å². The summed E-state index contributed by atoms with van der Waals surface area (Å²) in [5.41, 5.74) is 4.41. The van der Waals surface area contributed by atoms with Gasteiger partial charge in [0.1, 0.15) is 0 Å². The van der Waals surface area contributed by atoms with Crippen molar-refractivity contribution < 1.29 is 28.6 Å². The summed E-state index contributed by atoms with van der Waals surface area (Å²) in [6.07, 6.45) is 9.09. The van der Waals surface area contributed by atoms with Crippen LogP contribution in [0.2, 0.25) is 0 Å². The summed E-state index contributed by atoms with van der Waals surface area (Å²) in [5.74, 6) is 0.0158. The van der Waals surface area contributed by atoms with Crippen molar-refractivity contribution in [2.24, 2.45) is 30.0 Å². The van der Waals surface area contributed by atoms with E-state index in [2.05, 4.69) is 45.9 Å². The standard InChI is InChI=1S/C39H36N10O6/c1-4-53-31(50)22-13-25-7-16-28(17-8-25)40-34-43-37-45-35(41-29-18-9-26(10-19-29)14-23-32(51)54-5-2)47-39-48-36(46-38(44-34)49(37)39)42-30-20-11-27(12-21-30)15-24-33(52)55-6-3/h7-24H,4-6H2,1-3H3,(H3,40,41,42,43,44,45,46,47,48)/b22-13+,23-14+,24-15+. The smallest absolute Gasteiger partial charge is 0.330 e. The Morgan fingerprint density at radius 2 is 0.745 bits per heavy atom. The zero-order valence-corrected chi connectivity index (χ0v) is 30.1. The van der Waals surface area contributed by atoms with E-state index in [-0.39, 0.29) is 35.8 Å². The molecule has 3 aliphatic rings. The number of nitrogens with zero attached hydrogens (tertiary/aromatic N) is 7. The van der Waals surface area contributed by atoms with Crippen LogP contribution in [0.15, 0.2) is 121 Å². The molecule has 0 fully saturated rings. The number of rotatable bonds is 12. The van der Waals surface area contributed by atoms with Crippen molar-refractivity contribution >= 4 is 89.0 Å². The molecule has 3 N–H and O–H groups in total. The third kappa shape index (κ3) is 10.3. The maximum absolute atomic E-state index is 11.7. The Morgan fingerprint density at radius 3 is 1.00 bits per heavy atom. The van der Waals surface area contributed by atoms with Crippen LogP contribution in [-0.2, 0) is 28.6 Å². The number of anilines is 3. The molecule has 3 aliphatic heterocycles. The fourth-order valence-electron chi connectivity index (χ4n) is 4.94. The monoisotopic (exact) mass is 740 g/mol. The summed E-state index contributed by atoms with van der Waals surface area (Å²) in [6.45, 7) is 6.14. The first-order valence-electron chi connectivity index (χ1n) is 17.3. The lowest BCUT2D eigenvalue weighted by Gasteiger charge is -2.30. The molecule has 0 saturated carbocycles. The molecule has 16 nitrogen and oxygen atoms in total. The van der Waals surface area contributed by atoms with Crippen molar-refractivity contribution in [2.75, 3.05) is 35.8 Å². The minimum Gasteiger partial charge on any atom is -0.463 e. The molecule has 0 aromatic heterocycles. The Balaban J connectivity index is 1.25. The summed E-state index contributed by atoms with van der Waals surface area (Å²) >= 11 is 0. The Labute approximate surface area is 316 Å². The number of aliphatic imine (C=N–C) groups is 6. The Bertz CT molecular complexity index is 1960. The molecule has 0 atom stereocenters. The molecule has 3 heterocycles. The van der Waals surface area contributed by atoms with Crippen LogP contribution in [0, 0.1) is 0 Å². The number of hydrogen-bond donors (Lipinski definition) is 3. The molecule has 0 amide bonds. The third-order valence-corrected chi connectivity index (χ3v) is 7.43. The predicted molar refractivity (Wildman–Crippen MR) is 214 cm³/mol. The molecule has 278 valence electrons. The molecule has 3 aromatic carbocycles. The van der Waals surface area contributed by atoms with E-state index in [1.165, 1.54) is 23.1 Å².